The lowest BCUT2D eigenvalue weighted by Gasteiger charge is -2.11. The van der Waals surface area contributed by atoms with E-state index >= 15 is 0 Å². The lowest BCUT2D eigenvalue weighted by molar-refractivity contribution is -0.256. The SMILES string of the molecule is Cn1nc(C(=O)[O-])c(C(F)(F)F)c1C(=O)[O-]. The smallest absolute Gasteiger partial charge is 0.420 e. The number of alkyl halides is 3. The summed E-state index contributed by atoms with van der Waals surface area (Å²) in [5, 5.41) is 23.7. The molecule has 0 aromatic carbocycles. The van der Waals surface area contributed by atoms with E-state index in [0.29, 0.717) is 0 Å². The maximum Gasteiger partial charge on any atom is 0.420 e. The number of halogens is 3. The van der Waals surface area contributed by atoms with Crippen LogP contribution in [0.25, 0.3) is 0 Å². The fraction of sp³-hybridized carbons (Fsp3) is 0.286. The van der Waals surface area contributed by atoms with Crippen LogP contribution in [0.2, 0.25) is 0 Å². The van der Waals surface area contributed by atoms with Crippen LogP contribution >= 0.6 is 0 Å². The lowest BCUT2D eigenvalue weighted by Crippen LogP contribution is -2.30. The van der Waals surface area contributed by atoms with Crippen LogP contribution in [0, 0.1) is 0 Å². The molecule has 9 heteroatoms. The van der Waals surface area contributed by atoms with E-state index in [1.165, 1.54) is 0 Å². The molecule has 0 N–H and O–H groups in total. The van der Waals surface area contributed by atoms with Gasteiger partial charge in [0.25, 0.3) is 0 Å². The summed E-state index contributed by atoms with van der Waals surface area (Å²) >= 11 is 0. The van der Waals surface area contributed by atoms with Gasteiger partial charge in [-0.3, -0.25) is 4.68 Å². The molecular weight excluding hydrogens is 233 g/mol. The van der Waals surface area contributed by atoms with Crippen LogP contribution in [-0.4, -0.2) is 21.7 Å². The van der Waals surface area contributed by atoms with E-state index in [1.807, 2.05) is 0 Å². The second kappa shape index (κ2) is 3.51. The van der Waals surface area contributed by atoms with Gasteiger partial charge in [-0.15, -0.1) is 0 Å². The molecule has 0 aliphatic rings. The van der Waals surface area contributed by atoms with Crippen LogP contribution in [0.3, 0.4) is 0 Å². The highest BCUT2D eigenvalue weighted by molar-refractivity contribution is 5.93. The third-order valence-electron chi connectivity index (χ3n) is 1.72. The van der Waals surface area contributed by atoms with E-state index in [4.69, 9.17) is 0 Å². The van der Waals surface area contributed by atoms with Gasteiger partial charge in [0.15, 0.2) is 0 Å². The Labute approximate surface area is 85.9 Å². The molecule has 0 fully saturated rings. The Balaban J connectivity index is 3.63. The standard InChI is InChI=1S/C7H5F3N2O4/c1-12-4(6(15)16)2(7(8,9)10)3(11-12)5(13)14/h1H3,(H,13,14)(H,15,16)/p-2. The molecule has 1 aromatic rings. The second-order valence-corrected chi connectivity index (χ2v) is 2.77. The summed E-state index contributed by atoms with van der Waals surface area (Å²) in [6.07, 6.45) is -5.17. The number of carbonyl (C=O) groups excluding carboxylic acids is 2. The van der Waals surface area contributed by atoms with E-state index in [-0.39, 0.29) is 4.68 Å². The summed E-state index contributed by atoms with van der Waals surface area (Å²) in [5.41, 5.74) is -4.71. The molecular formula is C7H3F3N2O4-2. The minimum absolute atomic E-state index is 0.267. The van der Waals surface area contributed by atoms with Gasteiger partial charge in [-0.1, -0.05) is 0 Å². The molecule has 0 saturated carbocycles. The van der Waals surface area contributed by atoms with E-state index in [1.54, 1.807) is 0 Å². The molecule has 6 nitrogen and oxygen atoms in total. The molecule has 0 bridgehead atoms. The molecule has 0 saturated heterocycles. The zero-order chi connectivity index (χ0) is 12.7. The van der Waals surface area contributed by atoms with Crippen LogP contribution in [0.4, 0.5) is 13.2 Å². The van der Waals surface area contributed by atoms with Gasteiger partial charge < -0.3 is 19.8 Å². The summed E-state index contributed by atoms with van der Waals surface area (Å²) in [6.45, 7) is 0. The van der Waals surface area contributed by atoms with Crippen molar-refractivity contribution in [3.63, 3.8) is 0 Å². The van der Waals surface area contributed by atoms with Crippen molar-refractivity contribution in [3.05, 3.63) is 17.0 Å². The minimum Gasteiger partial charge on any atom is -0.543 e. The molecule has 88 valence electrons. The Morgan fingerprint density at radius 2 is 1.75 bits per heavy atom. The first-order chi connectivity index (χ1) is 7.16. The van der Waals surface area contributed by atoms with Gasteiger partial charge in [0.2, 0.25) is 0 Å². The van der Waals surface area contributed by atoms with E-state index in [9.17, 15) is 33.0 Å². The highest BCUT2D eigenvalue weighted by Gasteiger charge is 2.40. The number of aromatic nitrogens is 2. The molecule has 1 aromatic heterocycles. The highest BCUT2D eigenvalue weighted by atomic mass is 19.4. The predicted molar refractivity (Wildman–Crippen MR) is 36.9 cm³/mol. The molecule has 0 aliphatic carbocycles. The zero-order valence-corrected chi connectivity index (χ0v) is 7.66. The summed E-state index contributed by atoms with van der Waals surface area (Å²) in [5.74, 6) is -4.38. The summed E-state index contributed by atoms with van der Waals surface area (Å²) in [6, 6.07) is 0. The van der Waals surface area contributed by atoms with Gasteiger partial charge in [-0.25, -0.2) is 0 Å². The van der Waals surface area contributed by atoms with Crippen molar-refractivity contribution in [1.82, 2.24) is 9.78 Å². The summed E-state index contributed by atoms with van der Waals surface area (Å²) < 4.78 is 37.5. The minimum atomic E-state index is -5.17. The van der Waals surface area contributed by atoms with Crippen LogP contribution in [0.15, 0.2) is 0 Å². The third-order valence-corrected chi connectivity index (χ3v) is 1.72. The van der Waals surface area contributed by atoms with Crippen LogP contribution in [-0.2, 0) is 13.2 Å². The Morgan fingerprint density at radius 1 is 1.25 bits per heavy atom. The normalized spacial score (nSPS) is 11.5. The van der Waals surface area contributed by atoms with Gasteiger partial charge in [-0.2, -0.15) is 18.3 Å². The quantitative estimate of drug-likeness (QED) is 0.601. The van der Waals surface area contributed by atoms with Gasteiger partial charge in [-0.05, 0) is 0 Å². The first-order valence-electron chi connectivity index (χ1n) is 3.73. The number of nitrogens with zero attached hydrogens (tertiary/aromatic N) is 2. The lowest BCUT2D eigenvalue weighted by atomic mass is 10.1. The fourth-order valence-corrected chi connectivity index (χ4v) is 1.17. The largest absolute Gasteiger partial charge is 0.543 e. The number of carboxylic acids is 2. The van der Waals surface area contributed by atoms with Crippen LogP contribution < -0.4 is 10.2 Å². The molecule has 1 rings (SSSR count). The van der Waals surface area contributed by atoms with E-state index in [0.717, 1.165) is 7.05 Å². The third kappa shape index (κ3) is 1.83. The number of hydrogen-bond donors (Lipinski definition) is 0. The fourth-order valence-electron chi connectivity index (χ4n) is 1.17. The first-order valence-corrected chi connectivity index (χ1v) is 3.73. The Morgan fingerprint density at radius 3 is 2.06 bits per heavy atom. The number of carboxylic acid groups (broad SMARTS) is 2. The molecule has 1 heterocycles. The highest BCUT2D eigenvalue weighted by Crippen LogP contribution is 2.34. The average Bonchev–Trinajstić information content (AvgIpc) is 2.41. The molecule has 0 spiro atoms. The van der Waals surface area contributed by atoms with Crippen molar-refractivity contribution in [2.24, 2.45) is 7.05 Å². The molecule has 0 amide bonds. The Bertz CT molecular complexity index is 463. The first kappa shape index (κ1) is 12.0. The zero-order valence-electron chi connectivity index (χ0n) is 7.66. The predicted octanol–water partition coefficient (Wildman–Crippen LogP) is -1.83. The Kier molecular flexibility index (Phi) is 2.63. The van der Waals surface area contributed by atoms with Crippen molar-refractivity contribution in [3.8, 4) is 0 Å². The van der Waals surface area contributed by atoms with Crippen molar-refractivity contribution < 1.29 is 33.0 Å². The summed E-state index contributed by atoms with van der Waals surface area (Å²) in [4.78, 5) is 20.8. The number of aromatic carboxylic acids is 2. The molecule has 0 radical (unpaired) electrons. The molecule has 16 heavy (non-hydrogen) atoms. The number of hydrogen-bond acceptors (Lipinski definition) is 5. The molecule has 0 atom stereocenters. The van der Waals surface area contributed by atoms with Gasteiger partial charge in [0, 0.05) is 7.05 Å². The van der Waals surface area contributed by atoms with E-state index in [2.05, 4.69) is 5.10 Å². The second-order valence-electron chi connectivity index (χ2n) is 2.77. The van der Waals surface area contributed by atoms with Crippen molar-refractivity contribution >= 4 is 11.9 Å². The topological polar surface area (TPSA) is 98.1 Å². The van der Waals surface area contributed by atoms with Crippen molar-refractivity contribution in [1.29, 1.82) is 0 Å². The average molecular weight is 236 g/mol. The maximum atomic E-state index is 12.4. The molecule has 0 unspecified atom stereocenters. The Hall–Kier alpha value is -2.06. The molecule has 0 aliphatic heterocycles. The summed E-state index contributed by atoms with van der Waals surface area (Å²) in [7, 11) is 0.854. The van der Waals surface area contributed by atoms with Gasteiger partial charge >= 0.3 is 6.18 Å². The van der Waals surface area contributed by atoms with Crippen LogP contribution in [0.5, 0.6) is 0 Å². The number of carbonyl (C=O) groups is 2. The van der Waals surface area contributed by atoms with Crippen molar-refractivity contribution in [2.45, 2.75) is 6.18 Å². The number of rotatable bonds is 2. The van der Waals surface area contributed by atoms with Gasteiger partial charge in [0.05, 0.1) is 17.6 Å². The van der Waals surface area contributed by atoms with Gasteiger partial charge in [0.1, 0.15) is 11.3 Å². The monoisotopic (exact) mass is 236 g/mol. The van der Waals surface area contributed by atoms with Crippen molar-refractivity contribution in [2.75, 3.05) is 0 Å². The van der Waals surface area contributed by atoms with E-state index < -0.39 is 35.1 Å². The maximum absolute atomic E-state index is 12.4. The van der Waals surface area contributed by atoms with Crippen LogP contribution in [0.1, 0.15) is 26.5 Å². The number of aryl methyl sites for hydroxylation is 1.